The van der Waals surface area contributed by atoms with E-state index in [1.807, 2.05) is 22.6 Å². The molecule has 0 aliphatic carbocycles. The molecule has 1 atom stereocenters. The summed E-state index contributed by atoms with van der Waals surface area (Å²) >= 11 is 2.04. The first-order valence-corrected chi connectivity index (χ1v) is 7.48. The van der Waals surface area contributed by atoms with Crippen LogP contribution < -0.4 is 0 Å². The Hall–Kier alpha value is -0.280. The van der Waals surface area contributed by atoms with Crippen LogP contribution in [0.5, 0.6) is 0 Å². The molecule has 4 heteroatoms. The monoisotopic (exact) mass is 352 g/mol. The molecule has 0 aliphatic heterocycles. The summed E-state index contributed by atoms with van der Waals surface area (Å²) < 4.78 is 5.23. The van der Waals surface area contributed by atoms with Gasteiger partial charge in [0.2, 0.25) is 0 Å². The van der Waals surface area contributed by atoms with Crippen molar-refractivity contribution in [3.05, 3.63) is 0 Å². The van der Waals surface area contributed by atoms with Crippen LogP contribution >= 0.6 is 22.6 Å². The number of halogens is 1. The molecule has 17 heavy (non-hydrogen) atoms. The Bertz CT molecular complexity index is 280. The zero-order valence-corrected chi connectivity index (χ0v) is 12.7. The molecule has 0 unspecified atom stereocenters. The van der Waals surface area contributed by atoms with Crippen LogP contribution in [0.15, 0.2) is 0 Å². The molecule has 0 aromatic heterocycles. The summed E-state index contributed by atoms with van der Waals surface area (Å²) in [6.45, 7) is 3.44. The fourth-order valence-corrected chi connectivity index (χ4v) is 1.61. The molecule has 1 N–H and O–H groups in total. The van der Waals surface area contributed by atoms with Crippen molar-refractivity contribution in [2.24, 2.45) is 0 Å². The van der Waals surface area contributed by atoms with Gasteiger partial charge in [-0.3, -0.25) is 4.79 Å². The molecule has 0 spiro atoms. The number of hydrogen-bond donors (Lipinski definition) is 1. The molecule has 98 valence electrons. The Kier molecular flexibility index (Phi) is 9.56. The third-order valence-electron chi connectivity index (χ3n) is 2.21. The van der Waals surface area contributed by atoms with E-state index >= 15 is 0 Å². The van der Waals surface area contributed by atoms with Gasteiger partial charge >= 0.3 is 5.97 Å². The van der Waals surface area contributed by atoms with E-state index in [2.05, 4.69) is 18.8 Å². The number of esters is 1. The molecular formula is C13H21IO3. The SMILES string of the molecule is CCCCCCC#C[C@](O)(CI)COC(C)=O. The highest BCUT2D eigenvalue weighted by Crippen LogP contribution is 2.09. The zero-order chi connectivity index (χ0) is 13.1. The number of rotatable bonds is 7. The molecule has 0 radical (unpaired) electrons. The lowest BCUT2D eigenvalue weighted by molar-refractivity contribution is -0.145. The van der Waals surface area contributed by atoms with Gasteiger partial charge in [-0.05, 0) is 6.42 Å². The van der Waals surface area contributed by atoms with Gasteiger partial charge in [-0.25, -0.2) is 0 Å². The Morgan fingerprint density at radius 2 is 2.12 bits per heavy atom. The van der Waals surface area contributed by atoms with Crippen LogP contribution in [0, 0.1) is 11.8 Å². The standard InChI is InChI=1S/C13H21IO3/c1-3-4-5-6-7-8-9-13(16,10-14)11-17-12(2)15/h16H,3-7,10-11H2,1-2H3/t13-/m0/s1. The minimum Gasteiger partial charge on any atom is -0.462 e. The normalized spacial score (nSPS) is 13.4. The molecule has 0 fully saturated rings. The van der Waals surface area contributed by atoms with Gasteiger partial charge in [-0.15, -0.1) is 5.92 Å². The highest BCUT2D eigenvalue weighted by molar-refractivity contribution is 14.1. The van der Waals surface area contributed by atoms with E-state index < -0.39 is 11.6 Å². The van der Waals surface area contributed by atoms with Crippen LogP contribution in [0.1, 0.15) is 46.0 Å². The minimum atomic E-state index is -1.20. The van der Waals surface area contributed by atoms with Crippen molar-refractivity contribution < 1.29 is 14.6 Å². The first-order chi connectivity index (χ1) is 8.04. The fraction of sp³-hybridized carbons (Fsp3) is 0.769. The maximum absolute atomic E-state index is 10.7. The summed E-state index contributed by atoms with van der Waals surface area (Å²) in [6, 6.07) is 0. The molecule has 0 heterocycles. The van der Waals surface area contributed by atoms with E-state index in [9.17, 15) is 9.90 Å². The van der Waals surface area contributed by atoms with Crippen molar-refractivity contribution in [2.45, 2.75) is 51.6 Å². The Labute approximate surface area is 117 Å². The molecule has 0 saturated heterocycles. The summed E-state index contributed by atoms with van der Waals surface area (Å²) in [5, 5.41) is 10.0. The third-order valence-corrected chi connectivity index (χ3v) is 3.47. The predicted molar refractivity (Wildman–Crippen MR) is 77.0 cm³/mol. The van der Waals surface area contributed by atoms with Gasteiger partial charge in [0.15, 0.2) is 5.60 Å². The maximum Gasteiger partial charge on any atom is 0.302 e. The molecule has 0 rings (SSSR count). The van der Waals surface area contributed by atoms with Gasteiger partial charge < -0.3 is 9.84 Å². The molecule has 0 aromatic rings. The van der Waals surface area contributed by atoms with E-state index in [1.54, 1.807) is 0 Å². The van der Waals surface area contributed by atoms with Crippen molar-refractivity contribution >= 4 is 28.6 Å². The Morgan fingerprint density at radius 1 is 1.41 bits per heavy atom. The lowest BCUT2D eigenvalue weighted by Gasteiger charge is -2.18. The number of unbranched alkanes of at least 4 members (excludes halogenated alkanes) is 4. The van der Waals surface area contributed by atoms with Crippen LogP contribution in [0.2, 0.25) is 0 Å². The number of carbonyl (C=O) groups excluding carboxylic acids is 1. The average molecular weight is 352 g/mol. The van der Waals surface area contributed by atoms with Gasteiger partial charge in [-0.2, -0.15) is 0 Å². The molecule has 0 bridgehead atoms. The summed E-state index contributed by atoms with van der Waals surface area (Å²) in [4.78, 5) is 10.7. The van der Waals surface area contributed by atoms with E-state index in [0.717, 1.165) is 12.8 Å². The molecule has 0 saturated carbocycles. The first kappa shape index (κ1) is 16.7. The van der Waals surface area contributed by atoms with Crippen molar-refractivity contribution in [3.63, 3.8) is 0 Å². The van der Waals surface area contributed by atoms with Gasteiger partial charge in [0.25, 0.3) is 0 Å². The lowest BCUT2D eigenvalue weighted by Crippen LogP contribution is -2.35. The average Bonchev–Trinajstić information content (AvgIpc) is 2.31. The molecule has 0 amide bonds. The van der Waals surface area contributed by atoms with E-state index in [0.29, 0.717) is 4.43 Å². The van der Waals surface area contributed by atoms with Crippen LogP contribution in [0.3, 0.4) is 0 Å². The highest BCUT2D eigenvalue weighted by atomic mass is 127. The summed E-state index contributed by atoms with van der Waals surface area (Å²) in [5.74, 6) is 5.37. The molecular weight excluding hydrogens is 331 g/mol. The van der Waals surface area contributed by atoms with E-state index in [4.69, 9.17) is 4.74 Å². The number of aliphatic hydroxyl groups is 1. The molecule has 0 aromatic carbocycles. The summed E-state index contributed by atoms with van der Waals surface area (Å²) in [7, 11) is 0. The second-order valence-corrected chi connectivity index (χ2v) is 4.82. The Morgan fingerprint density at radius 3 is 2.65 bits per heavy atom. The van der Waals surface area contributed by atoms with Gasteiger partial charge in [0, 0.05) is 17.8 Å². The van der Waals surface area contributed by atoms with Crippen molar-refractivity contribution in [3.8, 4) is 11.8 Å². The van der Waals surface area contributed by atoms with Crippen molar-refractivity contribution in [2.75, 3.05) is 11.0 Å². The number of alkyl halides is 1. The largest absolute Gasteiger partial charge is 0.462 e. The van der Waals surface area contributed by atoms with Crippen LogP contribution in [-0.2, 0) is 9.53 Å². The van der Waals surface area contributed by atoms with Crippen LogP contribution in [0.25, 0.3) is 0 Å². The fourth-order valence-electron chi connectivity index (χ4n) is 1.20. The van der Waals surface area contributed by atoms with E-state index in [-0.39, 0.29) is 6.61 Å². The number of ether oxygens (including phenoxy) is 1. The number of carbonyl (C=O) groups is 1. The van der Waals surface area contributed by atoms with Gasteiger partial charge in [-0.1, -0.05) is 54.7 Å². The number of hydrogen-bond acceptors (Lipinski definition) is 3. The van der Waals surface area contributed by atoms with E-state index in [1.165, 1.54) is 26.2 Å². The second-order valence-electron chi connectivity index (χ2n) is 4.06. The first-order valence-electron chi connectivity index (χ1n) is 5.96. The molecule has 0 aliphatic rings. The summed E-state index contributed by atoms with van der Waals surface area (Å²) in [6.07, 6.45) is 5.46. The smallest absolute Gasteiger partial charge is 0.302 e. The quantitative estimate of drug-likeness (QED) is 0.252. The molecule has 3 nitrogen and oxygen atoms in total. The minimum absolute atomic E-state index is 0.0484. The van der Waals surface area contributed by atoms with Crippen LogP contribution in [-0.4, -0.2) is 27.7 Å². The Balaban J connectivity index is 4.00. The van der Waals surface area contributed by atoms with Crippen molar-refractivity contribution in [1.82, 2.24) is 0 Å². The van der Waals surface area contributed by atoms with Gasteiger partial charge in [0.05, 0.1) is 0 Å². The second kappa shape index (κ2) is 9.72. The van der Waals surface area contributed by atoms with Crippen molar-refractivity contribution in [1.29, 1.82) is 0 Å². The van der Waals surface area contributed by atoms with Crippen LogP contribution in [0.4, 0.5) is 0 Å². The van der Waals surface area contributed by atoms with Gasteiger partial charge in [0.1, 0.15) is 6.61 Å². The predicted octanol–water partition coefficient (Wildman–Crippen LogP) is 2.69. The zero-order valence-electron chi connectivity index (χ0n) is 10.6. The summed E-state index contributed by atoms with van der Waals surface area (Å²) in [5.41, 5.74) is -1.20. The lowest BCUT2D eigenvalue weighted by atomic mass is 10.1. The maximum atomic E-state index is 10.7. The third kappa shape index (κ3) is 9.42. The topological polar surface area (TPSA) is 46.5 Å². The highest BCUT2D eigenvalue weighted by Gasteiger charge is 2.24.